The summed E-state index contributed by atoms with van der Waals surface area (Å²) < 4.78 is 18.6. The number of likely N-dealkylation sites (tertiary alicyclic amines) is 1. The molecule has 0 bridgehead atoms. The molecule has 0 spiro atoms. The summed E-state index contributed by atoms with van der Waals surface area (Å²) >= 11 is 0. The summed E-state index contributed by atoms with van der Waals surface area (Å²) in [7, 11) is 1.68. The second-order valence-corrected chi connectivity index (χ2v) is 7.44. The summed E-state index contributed by atoms with van der Waals surface area (Å²) in [5, 5.41) is 10.1. The van der Waals surface area contributed by atoms with Gasteiger partial charge in [0.15, 0.2) is 0 Å². The number of para-hydroxylation sites is 1. The molecule has 1 N–H and O–H groups in total. The van der Waals surface area contributed by atoms with Crippen molar-refractivity contribution in [3.8, 4) is 5.75 Å². The molecule has 0 aliphatic carbocycles. The van der Waals surface area contributed by atoms with Crippen molar-refractivity contribution in [1.29, 1.82) is 0 Å². The van der Waals surface area contributed by atoms with Gasteiger partial charge in [0, 0.05) is 24.1 Å². The summed E-state index contributed by atoms with van der Waals surface area (Å²) in [6.07, 6.45) is 7.07. The van der Waals surface area contributed by atoms with Crippen molar-refractivity contribution in [3.05, 3.63) is 71.6 Å². The molecule has 2 aromatic carbocycles. The van der Waals surface area contributed by atoms with Gasteiger partial charge in [-0.25, -0.2) is 4.39 Å². The number of rotatable bonds is 7. The van der Waals surface area contributed by atoms with Crippen molar-refractivity contribution >= 4 is 6.08 Å². The van der Waals surface area contributed by atoms with Gasteiger partial charge in [-0.1, -0.05) is 42.5 Å². The van der Waals surface area contributed by atoms with Crippen LogP contribution in [0.1, 0.15) is 24.0 Å². The summed E-state index contributed by atoms with van der Waals surface area (Å²) in [5.41, 5.74) is 1.99. The SMILES string of the molecule is COc1ccccc1/C=C/CN1CCCC(CO)(Cc2ccc(F)cc2)C1. The Hall–Kier alpha value is -2.17. The molecule has 1 unspecified atom stereocenters. The molecule has 1 saturated heterocycles. The number of piperidine rings is 1. The maximum atomic E-state index is 13.2. The number of ether oxygens (including phenoxy) is 1. The van der Waals surface area contributed by atoms with Gasteiger partial charge in [0.25, 0.3) is 0 Å². The predicted octanol–water partition coefficient (Wildman–Crippen LogP) is 4.16. The van der Waals surface area contributed by atoms with E-state index in [0.29, 0.717) is 0 Å². The molecule has 1 fully saturated rings. The number of nitrogens with zero attached hydrogens (tertiary/aromatic N) is 1. The number of aliphatic hydroxyl groups excluding tert-OH is 1. The van der Waals surface area contributed by atoms with Crippen LogP contribution in [0.5, 0.6) is 5.75 Å². The van der Waals surface area contributed by atoms with Crippen LogP contribution < -0.4 is 4.74 Å². The van der Waals surface area contributed by atoms with Gasteiger partial charge >= 0.3 is 0 Å². The highest BCUT2D eigenvalue weighted by Gasteiger charge is 2.34. The summed E-state index contributed by atoms with van der Waals surface area (Å²) in [5.74, 6) is 0.650. The molecule has 0 amide bonds. The first-order valence-electron chi connectivity index (χ1n) is 9.51. The topological polar surface area (TPSA) is 32.7 Å². The Labute approximate surface area is 161 Å². The molecule has 0 aromatic heterocycles. The van der Waals surface area contributed by atoms with Gasteiger partial charge in [0.1, 0.15) is 11.6 Å². The minimum Gasteiger partial charge on any atom is -0.496 e. The zero-order valence-electron chi connectivity index (χ0n) is 15.9. The lowest BCUT2D eigenvalue weighted by molar-refractivity contribution is 0.0376. The van der Waals surface area contributed by atoms with Gasteiger partial charge in [-0.05, 0) is 49.6 Å². The van der Waals surface area contributed by atoms with E-state index in [4.69, 9.17) is 4.74 Å². The van der Waals surface area contributed by atoms with Crippen LogP contribution in [0.3, 0.4) is 0 Å². The number of benzene rings is 2. The second kappa shape index (κ2) is 9.16. The maximum absolute atomic E-state index is 13.2. The minimum atomic E-state index is -0.219. The van der Waals surface area contributed by atoms with E-state index in [1.54, 1.807) is 7.11 Å². The molecular formula is C23H28FNO2. The van der Waals surface area contributed by atoms with Crippen molar-refractivity contribution < 1.29 is 14.2 Å². The van der Waals surface area contributed by atoms with Gasteiger partial charge in [-0.2, -0.15) is 0 Å². The summed E-state index contributed by atoms with van der Waals surface area (Å²) in [4.78, 5) is 2.38. The average molecular weight is 369 g/mol. The number of aliphatic hydroxyl groups is 1. The van der Waals surface area contributed by atoms with Gasteiger partial charge in [0.2, 0.25) is 0 Å². The first-order valence-corrected chi connectivity index (χ1v) is 9.51. The molecule has 1 heterocycles. The third kappa shape index (κ3) is 5.18. The molecule has 1 aliphatic rings. The molecule has 2 aromatic rings. The largest absolute Gasteiger partial charge is 0.496 e. The first-order chi connectivity index (χ1) is 13.1. The molecule has 3 nitrogen and oxygen atoms in total. The third-order valence-corrected chi connectivity index (χ3v) is 5.37. The van der Waals surface area contributed by atoms with Gasteiger partial charge in [0.05, 0.1) is 13.7 Å². The zero-order chi connectivity index (χ0) is 19.1. The molecule has 1 aliphatic heterocycles. The summed E-state index contributed by atoms with van der Waals surface area (Å²) in [6.45, 7) is 2.86. The number of methoxy groups -OCH3 is 1. The third-order valence-electron chi connectivity index (χ3n) is 5.37. The Kier molecular flexibility index (Phi) is 6.64. The van der Waals surface area contributed by atoms with Crippen molar-refractivity contribution in [3.63, 3.8) is 0 Å². The number of hydrogen-bond donors (Lipinski definition) is 1. The molecule has 27 heavy (non-hydrogen) atoms. The number of halogens is 1. The van der Waals surface area contributed by atoms with Crippen molar-refractivity contribution in [1.82, 2.24) is 4.90 Å². The van der Waals surface area contributed by atoms with Gasteiger partial charge in [-0.15, -0.1) is 0 Å². The standard InChI is InChI=1S/C23H28FNO2/c1-27-22-8-3-2-6-20(22)7-4-14-25-15-5-13-23(17-25,18-26)16-19-9-11-21(24)12-10-19/h2-4,6-12,26H,5,13-18H2,1H3/b7-4+. The van der Waals surface area contributed by atoms with Crippen LogP contribution in [0.2, 0.25) is 0 Å². The van der Waals surface area contributed by atoms with E-state index >= 15 is 0 Å². The monoisotopic (exact) mass is 369 g/mol. The lowest BCUT2D eigenvalue weighted by atomic mass is 9.75. The molecule has 4 heteroatoms. The van der Waals surface area contributed by atoms with E-state index in [-0.39, 0.29) is 17.8 Å². The quantitative estimate of drug-likeness (QED) is 0.795. The van der Waals surface area contributed by atoms with Crippen LogP contribution in [-0.4, -0.2) is 43.4 Å². The maximum Gasteiger partial charge on any atom is 0.126 e. The first kappa shape index (κ1) is 19.6. The zero-order valence-corrected chi connectivity index (χ0v) is 15.9. The highest BCUT2D eigenvalue weighted by Crippen LogP contribution is 2.33. The summed E-state index contributed by atoms with van der Waals surface area (Å²) in [6, 6.07) is 14.6. The van der Waals surface area contributed by atoms with Crippen molar-refractivity contribution in [2.45, 2.75) is 19.3 Å². The molecular weight excluding hydrogens is 341 g/mol. The lowest BCUT2D eigenvalue weighted by Crippen LogP contribution is -2.46. The normalized spacial score (nSPS) is 20.9. The molecule has 144 valence electrons. The Bertz CT molecular complexity index is 759. The second-order valence-electron chi connectivity index (χ2n) is 7.44. The van der Waals surface area contributed by atoms with Gasteiger partial charge in [-0.3, -0.25) is 4.90 Å². The van der Waals surface area contributed by atoms with E-state index < -0.39 is 0 Å². The van der Waals surface area contributed by atoms with Crippen LogP contribution >= 0.6 is 0 Å². The highest BCUT2D eigenvalue weighted by molar-refractivity contribution is 5.57. The Morgan fingerprint density at radius 1 is 1.19 bits per heavy atom. The van der Waals surface area contributed by atoms with Crippen molar-refractivity contribution in [2.75, 3.05) is 33.4 Å². The Morgan fingerprint density at radius 3 is 2.70 bits per heavy atom. The Balaban J connectivity index is 1.63. The smallest absolute Gasteiger partial charge is 0.126 e. The van der Waals surface area contributed by atoms with Crippen molar-refractivity contribution in [2.24, 2.45) is 5.41 Å². The van der Waals surface area contributed by atoms with Crippen LogP contribution in [0.25, 0.3) is 6.08 Å². The molecule has 1 atom stereocenters. The Morgan fingerprint density at radius 2 is 1.96 bits per heavy atom. The predicted molar refractivity (Wildman–Crippen MR) is 107 cm³/mol. The lowest BCUT2D eigenvalue weighted by Gasteiger charge is -2.41. The fraction of sp³-hybridized carbons (Fsp3) is 0.391. The molecule has 0 radical (unpaired) electrons. The van der Waals surface area contributed by atoms with Crippen LogP contribution in [0.15, 0.2) is 54.6 Å². The fourth-order valence-electron chi connectivity index (χ4n) is 3.96. The fourth-order valence-corrected chi connectivity index (χ4v) is 3.96. The molecule has 0 saturated carbocycles. The van der Waals surface area contributed by atoms with E-state index in [1.807, 2.05) is 36.4 Å². The van der Waals surface area contributed by atoms with E-state index in [1.165, 1.54) is 12.1 Å². The van der Waals surface area contributed by atoms with Crippen LogP contribution in [0.4, 0.5) is 4.39 Å². The van der Waals surface area contributed by atoms with Crippen LogP contribution in [0, 0.1) is 11.2 Å². The molecule has 3 rings (SSSR count). The average Bonchev–Trinajstić information content (AvgIpc) is 2.70. The highest BCUT2D eigenvalue weighted by atomic mass is 19.1. The van der Waals surface area contributed by atoms with E-state index in [9.17, 15) is 9.50 Å². The van der Waals surface area contributed by atoms with E-state index in [2.05, 4.69) is 17.1 Å². The number of hydrogen-bond acceptors (Lipinski definition) is 3. The van der Waals surface area contributed by atoms with Crippen LogP contribution in [-0.2, 0) is 6.42 Å². The van der Waals surface area contributed by atoms with E-state index in [0.717, 1.165) is 55.8 Å². The minimum absolute atomic E-state index is 0.150. The van der Waals surface area contributed by atoms with Gasteiger partial charge < -0.3 is 9.84 Å².